The molecule has 1 fully saturated rings. The van der Waals surface area contributed by atoms with Crippen LogP contribution in [0.1, 0.15) is 30.1 Å². The summed E-state index contributed by atoms with van der Waals surface area (Å²) in [6.07, 6.45) is 2.44. The fourth-order valence-electron chi connectivity index (χ4n) is 2.43. The Balaban J connectivity index is 1.94. The Morgan fingerprint density at radius 2 is 2.12 bits per heavy atom. The molecule has 0 atom stereocenters. The molecule has 0 saturated carbocycles. The van der Waals surface area contributed by atoms with E-state index in [4.69, 9.17) is 5.73 Å². The van der Waals surface area contributed by atoms with Gasteiger partial charge >= 0.3 is 0 Å². The molecule has 3 heteroatoms. The van der Waals surface area contributed by atoms with Crippen LogP contribution in [0.15, 0.2) is 18.2 Å². The molecule has 0 aromatic carbocycles. The molecule has 1 aliphatic heterocycles. The van der Waals surface area contributed by atoms with Crippen LogP contribution >= 0.6 is 0 Å². The minimum absolute atomic E-state index is 0.647. The van der Waals surface area contributed by atoms with E-state index in [0.717, 1.165) is 31.9 Å². The number of aryl methyl sites for hydroxylation is 1. The lowest BCUT2D eigenvalue weighted by atomic mass is 9.93. The number of nitrogens with zero attached hydrogens (tertiary/aromatic N) is 2. The second-order valence-electron chi connectivity index (χ2n) is 4.61. The molecule has 0 radical (unpaired) electrons. The number of rotatable bonds is 3. The fourth-order valence-corrected chi connectivity index (χ4v) is 2.43. The average Bonchev–Trinajstić information content (AvgIpc) is 2.30. The second kappa shape index (κ2) is 5.41. The van der Waals surface area contributed by atoms with Crippen molar-refractivity contribution in [3.63, 3.8) is 0 Å². The van der Waals surface area contributed by atoms with Crippen LogP contribution in [0.3, 0.4) is 0 Å². The van der Waals surface area contributed by atoms with E-state index in [0.29, 0.717) is 5.92 Å². The molecule has 0 spiro atoms. The van der Waals surface area contributed by atoms with Gasteiger partial charge in [0.2, 0.25) is 0 Å². The molecule has 2 rings (SSSR count). The Labute approximate surface area is 97.7 Å². The Hall–Kier alpha value is -0.930. The molecule has 3 nitrogen and oxygen atoms in total. The van der Waals surface area contributed by atoms with E-state index in [1.807, 2.05) is 0 Å². The molecule has 16 heavy (non-hydrogen) atoms. The van der Waals surface area contributed by atoms with Gasteiger partial charge in [-0.05, 0) is 45.0 Å². The van der Waals surface area contributed by atoms with Gasteiger partial charge in [-0.25, -0.2) is 0 Å². The van der Waals surface area contributed by atoms with Gasteiger partial charge in [0.25, 0.3) is 0 Å². The maximum Gasteiger partial charge on any atom is 0.0438 e. The first-order chi connectivity index (χ1) is 7.79. The standard InChI is InChI=1S/C13H21N3/c1-11-3-2-4-13(15-11)12-5-8-16(9-6-12)10-7-14/h2-4,12H,5-10,14H2,1H3. The number of hydrogen-bond donors (Lipinski definition) is 1. The zero-order valence-electron chi connectivity index (χ0n) is 10.0. The van der Waals surface area contributed by atoms with E-state index in [9.17, 15) is 0 Å². The van der Waals surface area contributed by atoms with Crippen molar-refractivity contribution >= 4 is 0 Å². The van der Waals surface area contributed by atoms with Crippen molar-refractivity contribution in [1.82, 2.24) is 9.88 Å². The highest BCUT2D eigenvalue weighted by Gasteiger charge is 2.20. The normalized spacial score (nSPS) is 18.9. The summed E-state index contributed by atoms with van der Waals surface area (Å²) in [6, 6.07) is 6.34. The van der Waals surface area contributed by atoms with Crippen molar-refractivity contribution < 1.29 is 0 Å². The number of piperidine rings is 1. The molecule has 0 aliphatic carbocycles. The van der Waals surface area contributed by atoms with E-state index in [-0.39, 0.29) is 0 Å². The lowest BCUT2D eigenvalue weighted by Crippen LogP contribution is -2.36. The van der Waals surface area contributed by atoms with E-state index >= 15 is 0 Å². The largest absolute Gasteiger partial charge is 0.329 e. The number of likely N-dealkylation sites (tertiary alicyclic amines) is 1. The van der Waals surface area contributed by atoms with Crippen molar-refractivity contribution in [2.24, 2.45) is 5.73 Å². The first-order valence-electron chi connectivity index (χ1n) is 6.15. The Kier molecular flexibility index (Phi) is 3.91. The highest BCUT2D eigenvalue weighted by molar-refractivity contribution is 5.14. The summed E-state index contributed by atoms with van der Waals surface area (Å²) < 4.78 is 0. The van der Waals surface area contributed by atoms with Crippen LogP contribution in [0.4, 0.5) is 0 Å². The molecular formula is C13H21N3. The van der Waals surface area contributed by atoms with Gasteiger partial charge in [-0.15, -0.1) is 0 Å². The van der Waals surface area contributed by atoms with Crippen LogP contribution in [0.25, 0.3) is 0 Å². The topological polar surface area (TPSA) is 42.1 Å². The van der Waals surface area contributed by atoms with Gasteiger partial charge in [0.05, 0.1) is 0 Å². The van der Waals surface area contributed by atoms with Gasteiger partial charge in [0.1, 0.15) is 0 Å². The van der Waals surface area contributed by atoms with Crippen molar-refractivity contribution in [1.29, 1.82) is 0 Å². The predicted molar refractivity (Wildman–Crippen MR) is 66.4 cm³/mol. The van der Waals surface area contributed by atoms with Crippen molar-refractivity contribution in [2.45, 2.75) is 25.7 Å². The zero-order chi connectivity index (χ0) is 11.4. The van der Waals surface area contributed by atoms with Crippen molar-refractivity contribution in [3.05, 3.63) is 29.6 Å². The first kappa shape index (κ1) is 11.6. The summed E-state index contributed by atoms with van der Waals surface area (Å²) in [4.78, 5) is 7.08. The van der Waals surface area contributed by atoms with Gasteiger partial charge in [0, 0.05) is 30.4 Å². The second-order valence-corrected chi connectivity index (χ2v) is 4.61. The van der Waals surface area contributed by atoms with Crippen LogP contribution in [0.5, 0.6) is 0 Å². The fraction of sp³-hybridized carbons (Fsp3) is 0.615. The van der Waals surface area contributed by atoms with Gasteiger partial charge in [-0.3, -0.25) is 4.98 Å². The molecule has 1 aliphatic rings. The summed E-state index contributed by atoms with van der Waals surface area (Å²) in [5.41, 5.74) is 7.97. The molecule has 0 bridgehead atoms. The lowest BCUT2D eigenvalue weighted by molar-refractivity contribution is 0.216. The minimum Gasteiger partial charge on any atom is -0.329 e. The van der Waals surface area contributed by atoms with Crippen LogP contribution in [-0.2, 0) is 0 Å². The van der Waals surface area contributed by atoms with Crippen molar-refractivity contribution in [2.75, 3.05) is 26.2 Å². The van der Waals surface area contributed by atoms with Gasteiger partial charge < -0.3 is 10.6 Å². The van der Waals surface area contributed by atoms with E-state index in [1.54, 1.807) is 0 Å². The maximum atomic E-state index is 5.57. The van der Waals surface area contributed by atoms with Crippen LogP contribution in [-0.4, -0.2) is 36.1 Å². The van der Waals surface area contributed by atoms with Crippen LogP contribution < -0.4 is 5.73 Å². The van der Waals surface area contributed by atoms with Crippen LogP contribution in [0, 0.1) is 6.92 Å². The first-order valence-corrected chi connectivity index (χ1v) is 6.15. The third-order valence-electron chi connectivity index (χ3n) is 3.36. The summed E-state index contributed by atoms with van der Waals surface area (Å²) in [6.45, 7) is 6.20. The third-order valence-corrected chi connectivity index (χ3v) is 3.36. The lowest BCUT2D eigenvalue weighted by Gasteiger charge is -2.31. The molecule has 88 valence electrons. The van der Waals surface area contributed by atoms with E-state index in [1.165, 1.54) is 18.5 Å². The average molecular weight is 219 g/mol. The Morgan fingerprint density at radius 1 is 1.38 bits per heavy atom. The summed E-state index contributed by atoms with van der Waals surface area (Å²) >= 11 is 0. The molecule has 1 aromatic rings. The Morgan fingerprint density at radius 3 is 2.75 bits per heavy atom. The highest BCUT2D eigenvalue weighted by atomic mass is 15.1. The predicted octanol–water partition coefficient (Wildman–Crippen LogP) is 1.53. The summed E-state index contributed by atoms with van der Waals surface area (Å²) in [5, 5.41) is 0. The molecular weight excluding hydrogens is 198 g/mol. The molecule has 2 N–H and O–H groups in total. The van der Waals surface area contributed by atoms with Gasteiger partial charge in [-0.2, -0.15) is 0 Å². The molecule has 1 aromatic heterocycles. The van der Waals surface area contributed by atoms with Crippen molar-refractivity contribution in [3.8, 4) is 0 Å². The molecule has 0 amide bonds. The smallest absolute Gasteiger partial charge is 0.0438 e. The Bertz CT molecular complexity index is 330. The van der Waals surface area contributed by atoms with Crippen LogP contribution in [0.2, 0.25) is 0 Å². The van der Waals surface area contributed by atoms with Gasteiger partial charge in [-0.1, -0.05) is 6.07 Å². The highest BCUT2D eigenvalue weighted by Crippen LogP contribution is 2.26. The SMILES string of the molecule is Cc1cccc(C2CCN(CCN)CC2)n1. The zero-order valence-corrected chi connectivity index (χ0v) is 10.0. The quantitative estimate of drug-likeness (QED) is 0.838. The number of pyridine rings is 1. The molecule has 0 unspecified atom stereocenters. The number of hydrogen-bond acceptors (Lipinski definition) is 3. The number of aromatic nitrogens is 1. The monoisotopic (exact) mass is 219 g/mol. The minimum atomic E-state index is 0.647. The number of nitrogens with two attached hydrogens (primary N) is 1. The molecule has 2 heterocycles. The molecule has 1 saturated heterocycles. The van der Waals surface area contributed by atoms with E-state index < -0.39 is 0 Å². The van der Waals surface area contributed by atoms with E-state index in [2.05, 4.69) is 35.0 Å². The third kappa shape index (κ3) is 2.80. The summed E-state index contributed by atoms with van der Waals surface area (Å²) in [5.74, 6) is 0.647. The maximum absolute atomic E-state index is 5.57. The van der Waals surface area contributed by atoms with Gasteiger partial charge in [0.15, 0.2) is 0 Å². The summed E-state index contributed by atoms with van der Waals surface area (Å²) in [7, 11) is 0.